The van der Waals surface area contributed by atoms with E-state index in [0.29, 0.717) is 6.07 Å². The molecule has 19 heavy (non-hydrogen) atoms. The molecular weight excluding hydrogens is 282 g/mol. The van der Waals surface area contributed by atoms with Gasteiger partial charge in [0.1, 0.15) is 5.75 Å². The first-order valence-electron chi connectivity index (χ1n) is 4.65. The maximum absolute atomic E-state index is 12.2. The average molecular weight is 288 g/mol. The largest absolute Gasteiger partial charge is 0.478 e. The molecular formula is C10H6F6O3. The highest BCUT2D eigenvalue weighted by Crippen LogP contribution is 2.36. The zero-order chi connectivity index (χ0) is 14.8. The van der Waals surface area contributed by atoms with Crippen LogP contribution in [0.4, 0.5) is 26.3 Å². The summed E-state index contributed by atoms with van der Waals surface area (Å²) in [6.07, 6.45) is -15.3. The van der Waals surface area contributed by atoms with Crippen LogP contribution in [0, 0.1) is 0 Å². The normalized spacial score (nSPS) is 12.6. The van der Waals surface area contributed by atoms with Crippen LogP contribution in [0.3, 0.4) is 0 Å². The van der Waals surface area contributed by atoms with E-state index in [1.165, 1.54) is 0 Å². The molecule has 1 rings (SSSR count). The Balaban J connectivity index is 3.04. The van der Waals surface area contributed by atoms with Crippen molar-refractivity contribution in [2.75, 3.05) is 0 Å². The molecule has 0 aliphatic carbocycles. The highest BCUT2D eigenvalue weighted by molar-refractivity contribution is 5.87. The molecule has 0 amide bonds. The number of ether oxygens (including phenoxy) is 1. The summed E-state index contributed by atoms with van der Waals surface area (Å²) in [6.45, 7) is 0. The Morgan fingerprint density at radius 3 is 2.05 bits per heavy atom. The molecule has 0 unspecified atom stereocenters. The van der Waals surface area contributed by atoms with E-state index >= 15 is 0 Å². The van der Waals surface area contributed by atoms with E-state index in [9.17, 15) is 31.1 Å². The van der Waals surface area contributed by atoms with Crippen LogP contribution in [0.1, 0.15) is 10.4 Å². The predicted molar refractivity (Wildman–Crippen MR) is 49.9 cm³/mol. The predicted octanol–water partition coefficient (Wildman–Crippen LogP) is 3.26. The number of benzene rings is 1. The van der Waals surface area contributed by atoms with Crippen LogP contribution < -0.4 is 4.74 Å². The monoisotopic (exact) mass is 288 g/mol. The molecule has 0 aromatic heterocycles. The highest BCUT2D eigenvalue weighted by Gasteiger charge is 2.59. The second kappa shape index (κ2) is 4.98. The van der Waals surface area contributed by atoms with Gasteiger partial charge < -0.3 is 9.84 Å². The zero-order valence-corrected chi connectivity index (χ0v) is 8.92. The molecule has 0 heterocycles. The molecule has 0 atom stereocenters. The average Bonchev–Trinajstić information content (AvgIpc) is 2.23. The van der Waals surface area contributed by atoms with E-state index in [2.05, 4.69) is 4.74 Å². The fourth-order valence-electron chi connectivity index (χ4n) is 1.16. The smallest absolute Gasteiger partial charge is 0.434 e. The van der Waals surface area contributed by atoms with Crippen molar-refractivity contribution in [2.45, 2.75) is 18.5 Å². The minimum atomic E-state index is -5.66. The first-order valence-corrected chi connectivity index (χ1v) is 4.65. The van der Waals surface area contributed by atoms with Gasteiger partial charge in [-0.25, -0.2) is 4.79 Å². The Hall–Kier alpha value is -1.93. The minimum absolute atomic E-state index is 0.486. The molecule has 1 aromatic rings. The fourth-order valence-corrected chi connectivity index (χ4v) is 1.16. The second-order valence-electron chi connectivity index (χ2n) is 3.41. The lowest BCUT2D eigenvalue weighted by atomic mass is 10.2. The Morgan fingerprint density at radius 2 is 1.63 bits per heavy atom. The van der Waals surface area contributed by atoms with Crippen molar-refractivity contribution in [1.29, 1.82) is 0 Å². The van der Waals surface area contributed by atoms with Crippen molar-refractivity contribution < 1.29 is 41.0 Å². The van der Waals surface area contributed by atoms with Gasteiger partial charge in [-0.1, -0.05) is 6.07 Å². The number of carbonyl (C=O) groups is 1. The number of carboxylic acid groups (broad SMARTS) is 1. The lowest BCUT2D eigenvalue weighted by molar-refractivity contribution is -0.299. The molecule has 0 saturated carbocycles. The standard InChI is InChI=1S/C10H6F6O3/c11-9(12,13)8(10(14,15)16)19-6-3-1-2-5(4-6)7(17)18/h1-4,8H,(H,17,18). The first-order chi connectivity index (χ1) is 8.51. The third-order valence-electron chi connectivity index (χ3n) is 1.93. The van der Waals surface area contributed by atoms with Crippen molar-refractivity contribution in [1.82, 2.24) is 0 Å². The summed E-state index contributed by atoms with van der Waals surface area (Å²) in [5.74, 6) is -2.33. The van der Waals surface area contributed by atoms with E-state index < -0.39 is 35.7 Å². The summed E-state index contributed by atoms with van der Waals surface area (Å²) in [7, 11) is 0. The molecule has 106 valence electrons. The fraction of sp³-hybridized carbons (Fsp3) is 0.300. The van der Waals surface area contributed by atoms with Gasteiger partial charge in [-0.2, -0.15) is 26.3 Å². The van der Waals surface area contributed by atoms with Gasteiger partial charge in [0, 0.05) is 0 Å². The molecule has 1 N–H and O–H groups in total. The first kappa shape index (κ1) is 15.1. The molecule has 1 aromatic carbocycles. The quantitative estimate of drug-likeness (QED) is 0.868. The van der Waals surface area contributed by atoms with Crippen LogP contribution in [-0.4, -0.2) is 29.5 Å². The van der Waals surface area contributed by atoms with Crippen LogP contribution in [0.2, 0.25) is 0 Å². The van der Waals surface area contributed by atoms with Gasteiger partial charge in [0.25, 0.3) is 6.10 Å². The van der Waals surface area contributed by atoms with Gasteiger partial charge in [-0.15, -0.1) is 0 Å². The van der Waals surface area contributed by atoms with E-state index in [1.54, 1.807) is 0 Å². The number of aromatic carboxylic acids is 1. The topological polar surface area (TPSA) is 46.5 Å². The molecule has 0 saturated heterocycles. The van der Waals surface area contributed by atoms with Crippen LogP contribution in [0.15, 0.2) is 24.3 Å². The summed E-state index contributed by atoms with van der Waals surface area (Å²) < 4.78 is 77.0. The van der Waals surface area contributed by atoms with Crippen molar-refractivity contribution >= 4 is 5.97 Å². The van der Waals surface area contributed by atoms with Crippen LogP contribution >= 0.6 is 0 Å². The van der Waals surface area contributed by atoms with Crippen LogP contribution in [-0.2, 0) is 0 Å². The molecule has 0 aliphatic heterocycles. The minimum Gasteiger partial charge on any atom is -0.478 e. The molecule has 0 radical (unpaired) electrons. The number of hydrogen-bond acceptors (Lipinski definition) is 2. The molecule has 0 spiro atoms. The number of rotatable bonds is 3. The maximum Gasteiger partial charge on any atom is 0.434 e. The Labute approximate surface area is 102 Å². The third kappa shape index (κ3) is 4.04. The second-order valence-corrected chi connectivity index (χ2v) is 3.41. The Morgan fingerprint density at radius 1 is 1.11 bits per heavy atom. The molecule has 0 bridgehead atoms. The Kier molecular flexibility index (Phi) is 3.97. The SMILES string of the molecule is O=C(O)c1cccc(OC(C(F)(F)F)C(F)(F)F)c1. The van der Waals surface area contributed by atoms with E-state index in [0.717, 1.165) is 18.2 Å². The number of halogens is 6. The number of carboxylic acids is 1. The summed E-state index contributed by atoms with van der Waals surface area (Å²) in [6, 6.07) is 3.36. The van der Waals surface area contributed by atoms with E-state index in [1.807, 2.05) is 0 Å². The van der Waals surface area contributed by atoms with Gasteiger partial charge in [0.15, 0.2) is 0 Å². The highest BCUT2D eigenvalue weighted by atomic mass is 19.4. The summed E-state index contributed by atoms with van der Waals surface area (Å²) in [5, 5.41) is 8.56. The molecule has 3 nitrogen and oxygen atoms in total. The van der Waals surface area contributed by atoms with E-state index in [4.69, 9.17) is 5.11 Å². The van der Waals surface area contributed by atoms with E-state index in [-0.39, 0.29) is 0 Å². The van der Waals surface area contributed by atoms with Crippen molar-refractivity contribution in [3.8, 4) is 5.75 Å². The molecule has 0 fully saturated rings. The summed E-state index contributed by atoms with van der Waals surface area (Å²) >= 11 is 0. The van der Waals surface area contributed by atoms with Gasteiger partial charge in [-0.3, -0.25) is 0 Å². The number of alkyl halides is 6. The Bertz CT molecular complexity index is 451. The molecule has 9 heteroatoms. The van der Waals surface area contributed by atoms with Gasteiger partial charge >= 0.3 is 18.3 Å². The summed E-state index contributed by atoms with van der Waals surface area (Å²) in [4.78, 5) is 10.5. The van der Waals surface area contributed by atoms with Gasteiger partial charge in [0.05, 0.1) is 5.56 Å². The zero-order valence-electron chi connectivity index (χ0n) is 8.92. The maximum atomic E-state index is 12.2. The lowest BCUT2D eigenvalue weighted by Gasteiger charge is -2.23. The van der Waals surface area contributed by atoms with Crippen LogP contribution in [0.5, 0.6) is 5.75 Å². The van der Waals surface area contributed by atoms with Gasteiger partial charge in [0.2, 0.25) is 0 Å². The van der Waals surface area contributed by atoms with Crippen molar-refractivity contribution in [2.24, 2.45) is 0 Å². The summed E-state index contributed by atoms with van der Waals surface area (Å²) in [5.41, 5.74) is -0.486. The van der Waals surface area contributed by atoms with Crippen molar-refractivity contribution in [3.05, 3.63) is 29.8 Å². The third-order valence-corrected chi connectivity index (χ3v) is 1.93. The van der Waals surface area contributed by atoms with Gasteiger partial charge in [-0.05, 0) is 18.2 Å². The molecule has 0 aliphatic rings. The number of hydrogen-bond donors (Lipinski definition) is 1. The van der Waals surface area contributed by atoms with Crippen LogP contribution in [0.25, 0.3) is 0 Å². The lowest BCUT2D eigenvalue weighted by Crippen LogP contribution is -2.46. The van der Waals surface area contributed by atoms with Crippen molar-refractivity contribution in [3.63, 3.8) is 0 Å².